The van der Waals surface area contributed by atoms with E-state index in [4.69, 9.17) is 0 Å². The van der Waals surface area contributed by atoms with E-state index in [1.807, 2.05) is 13.1 Å². The minimum atomic E-state index is -0.554. The highest BCUT2D eigenvalue weighted by Gasteiger charge is 2.26. The predicted molar refractivity (Wildman–Crippen MR) is 135 cm³/mol. The zero-order valence-electron chi connectivity index (χ0n) is 20.7. The van der Waals surface area contributed by atoms with Gasteiger partial charge in [0.15, 0.2) is 0 Å². The molecule has 9 heteroatoms. The summed E-state index contributed by atoms with van der Waals surface area (Å²) in [6, 6.07) is 9.41. The Kier molecular flexibility index (Phi) is 8.57. The van der Waals surface area contributed by atoms with Crippen LogP contribution in [0.15, 0.2) is 54.9 Å². The Bertz CT molecular complexity index is 1080. The van der Waals surface area contributed by atoms with Crippen LogP contribution in [0.3, 0.4) is 0 Å². The number of rotatable bonds is 9. The number of benzene rings is 1. The summed E-state index contributed by atoms with van der Waals surface area (Å²) >= 11 is 0. The number of pyridine rings is 1. The van der Waals surface area contributed by atoms with Gasteiger partial charge in [0.05, 0.1) is 17.2 Å². The molecule has 2 heterocycles. The van der Waals surface area contributed by atoms with Crippen LogP contribution in [-0.2, 0) is 0 Å². The van der Waals surface area contributed by atoms with Crippen LogP contribution in [0.4, 0.5) is 11.5 Å². The number of anilines is 1. The average Bonchev–Trinajstić information content (AvgIpc) is 2.83. The lowest BCUT2D eigenvalue weighted by molar-refractivity contribution is -0.385. The Balaban J connectivity index is 1.63. The third kappa shape index (κ3) is 6.88. The van der Waals surface area contributed by atoms with Crippen LogP contribution in [0.5, 0.6) is 0 Å². The first-order chi connectivity index (χ1) is 16.7. The number of aromatic nitrogens is 1. The van der Waals surface area contributed by atoms with Gasteiger partial charge in [0.25, 0.3) is 17.5 Å². The lowest BCUT2D eigenvalue weighted by Crippen LogP contribution is -2.43. The normalized spacial score (nSPS) is 15.1. The summed E-state index contributed by atoms with van der Waals surface area (Å²) in [5.41, 5.74) is 0.287. The van der Waals surface area contributed by atoms with Crippen molar-refractivity contribution in [1.29, 1.82) is 0 Å². The highest BCUT2D eigenvalue weighted by atomic mass is 16.6. The van der Waals surface area contributed by atoms with Gasteiger partial charge in [0.2, 0.25) is 0 Å². The van der Waals surface area contributed by atoms with Crippen LogP contribution in [-0.4, -0.2) is 45.9 Å². The second-order valence-corrected chi connectivity index (χ2v) is 9.55. The van der Waals surface area contributed by atoms with E-state index in [2.05, 4.69) is 31.1 Å². The molecule has 186 valence electrons. The summed E-state index contributed by atoms with van der Waals surface area (Å²) < 4.78 is 0. The van der Waals surface area contributed by atoms with Crippen molar-refractivity contribution in [3.05, 3.63) is 76.1 Å². The van der Waals surface area contributed by atoms with Crippen molar-refractivity contribution in [2.24, 2.45) is 11.8 Å². The molecule has 0 radical (unpaired) electrons. The first-order valence-corrected chi connectivity index (χ1v) is 11.9. The van der Waals surface area contributed by atoms with E-state index in [0.717, 1.165) is 12.8 Å². The van der Waals surface area contributed by atoms with Crippen molar-refractivity contribution in [3.8, 4) is 0 Å². The molecular formula is C26H33N5O4. The lowest BCUT2D eigenvalue weighted by atomic mass is 9.93. The molecule has 3 rings (SSSR count). The van der Waals surface area contributed by atoms with Crippen molar-refractivity contribution in [3.63, 3.8) is 0 Å². The van der Waals surface area contributed by atoms with Crippen LogP contribution in [0.2, 0.25) is 0 Å². The van der Waals surface area contributed by atoms with Gasteiger partial charge in [-0.25, -0.2) is 4.98 Å². The fourth-order valence-electron chi connectivity index (χ4n) is 4.43. The molecule has 0 saturated carbocycles. The Labute approximate surface area is 206 Å². The third-order valence-corrected chi connectivity index (χ3v) is 5.86. The van der Waals surface area contributed by atoms with Gasteiger partial charge in [-0.2, -0.15) is 0 Å². The van der Waals surface area contributed by atoms with E-state index in [-0.39, 0.29) is 29.9 Å². The fraction of sp³-hybridized carbons (Fsp3) is 0.423. The molecule has 0 spiro atoms. The number of hydrogen-bond donors (Lipinski definition) is 1. The molecule has 2 atom stereocenters. The Morgan fingerprint density at radius 1 is 1.11 bits per heavy atom. The van der Waals surface area contributed by atoms with Gasteiger partial charge in [-0.15, -0.1) is 0 Å². The van der Waals surface area contributed by atoms with Crippen LogP contribution in [0.25, 0.3) is 0 Å². The second kappa shape index (κ2) is 11.6. The van der Waals surface area contributed by atoms with Gasteiger partial charge in [0.1, 0.15) is 11.4 Å². The van der Waals surface area contributed by atoms with E-state index in [0.29, 0.717) is 29.8 Å². The molecule has 2 amide bonds. The lowest BCUT2D eigenvalue weighted by Gasteiger charge is -2.32. The summed E-state index contributed by atoms with van der Waals surface area (Å²) in [6.45, 7) is 9.13. The number of carbonyl (C=O) groups is 2. The van der Waals surface area contributed by atoms with Gasteiger partial charge in [-0.3, -0.25) is 19.7 Å². The van der Waals surface area contributed by atoms with Crippen molar-refractivity contribution in [2.75, 3.05) is 18.1 Å². The molecular weight excluding hydrogens is 446 g/mol. The largest absolute Gasteiger partial charge is 0.350 e. The van der Waals surface area contributed by atoms with E-state index < -0.39 is 10.8 Å². The maximum atomic E-state index is 13.0. The number of nitrogens with one attached hydrogen (secondary N) is 1. The van der Waals surface area contributed by atoms with Crippen LogP contribution in [0, 0.1) is 22.0 Å². The molecule has 0 saturated heterocycles. The van der Waals surface area contributed by atoms with Crippen molar-refractivity contribution in [2.45, 2.75) is 46.6 Å². The Morgan fingerprint density at radius 2 is 1.86 bits per heavy atom. The quantitative estimate of drug-likeness (QED) is 0.415. The Hall–Kier alpha value is -3.75. The molecule has 2 aromatic rings. The van der Waals surface area contributed by atoms with E-state index in [1.54, 1.807) is 29.2 Å². The SMILES string of the molecule is CC(C)CC(C)CC(C)NC(=O)c1ccc(N2C=CCN(C(=O)c3ccccc3[N+](=O)[O-])C2)nc1. The smallest absolute Gasteiger partial charge is 0.282 e. The van der Waals surface area contributed by atoms with Crippen LogP contribution in [0.1, 0.15) is 61.3 Å². The number of amides is 2. The maximum Gasteiger partial charge on any atom is 0.282 e. The van der Waals surface area contributed by atoms with Gasteiger partial charge in [-0.05, 0) is 55.9 Å². The number of nitrogens with zero attached hydrogens (tertiary/aromatic N) is 4. The van der Waals surface area contributed by atoms with Crippen molar-refractivity contribution >= 4 is 23.3 Å². The summed E-state index contributed by atoms with van der Waals surface area (Å²) in [7, 11) is 0. The van der Waals surface area contributed by atoms with Gasteiger partial charge in [-0.1, -0.05) is 32.9 Å². The molecule has 35 heavy (non-hydrogen) atoms. The van der Waals surface area contributed by atoms with E-state index in [9.17, 15) is 19.7 Å². The van der Waals surface area contributed by atoms with E-state index >= 15 is 0 Å². The number of hydrogen-bond acceptors (Lipinski definition) is 6. The molecule has 1 N–H and O–H groups in total. The third-order valence-electron chi connectivity index (χ3n) is 5.86. The molecule has 0 fully saturated rings. The van der Waals surface area contributed by atoms with Crippen LogP contribution < -0.4 is 10.2 Å². The molecule has 1 aromatic carbocycles. The van der Waals surface area contributed by atoms with Gasteiger partial charge < -0.3 is 15.1 Å². The predicted octanol–water partition coefficient (Wildman–Crippen LogP) is 4.61. The zero-order chi connectivity index (χ0) is 25.5. The molecule has 2 unspecified atom stereocenters. The van der Waals surface area contributed by atoms with Gasteiger partial charge >= 0.3 is 0 Å². The molecule has 1 aliphatic rings. The van der Waals surface area contributed by atoms with Gasteiger partial charge in [0, 0.05) is 31.0 Å². The molecule has 1 aliphatic heterocycles. The highest BCUT2D eigenvalue weighted by molar-refractivity contribution is 5.98. The number of carbonyl (C=O) groups excluding carboxylic acids is 2. The minimum Gasteiger partial charge on any atom is -0.350 e. The van der Waals surface area contributed by atoms with Crippen molar-refractivity contribution in [1.82, 2.24) is 15.2 Å². The highest BCUT2D eigenvalue weighted by Crippen LogP contribution is 2.22. The standard InChI is InChI=1S/C26H33N5O4/c1-18(2)14-19(3)15-20(4)28-25(32)21-10-11-24(27-16-21)29-12-7-13-30(17-29)26(33)22-8-5-6-9-23(22)31(34)35/h5-12,16,18-20H,13-15,17H2,1-4H3,(H,28,32). The monoisotopic (exact) mass is 479 g/mol. The zero-order valence-corrected chi connectivity index (χ0v) is 20.7. The fourth-order valence-corrected chi connectivity index (χ4v) is 4.43. The van der Waals surface area contributed by atoms with Crippen LogP contribution >= 0.6 is 0 Å². The molecule has 0 bridgehead atoms. The minimum absolute atomic E-state index is 0.0459. The first kappa shape index (κ1) is 25.9. The number of para-hydroxylation sites is 1. The second-order valence-electron chi connectivity index (χ2n) is 9.55. The van der Waals surface area contributed by atoms with Crippen molar-refractivity contribution < 1.29 is 14.5 Å². The number of nitro groups is 1. The average molecular weight is 480 g/mol. The number of nitro benzene ring substituents is 1. The summed E-state index contributed by atoms with van der Waals surface area (Å²) in [6.07, 6.45) is 7.15. The molecule has 9 nitrogen and oxygen atoms in total. The Morgan fingerprint density at radius 3 is 2.51 bits per heavy atom. The summed E-state index contributed by atoms with van der Waals surface area (Å²) in [5.74, 6) is 1.12. The molecule has 0 aliphatic carbocycles. The first-order valence-electron chi connectivity index (χ1n) is 11.9. The van der Waals surface area contributed by atoms with E-state index in [1.165, 1.54) is 29.3 Å². The maximum absolute atomic E-state index is 13.0. The summed E-state index contributed by atoms with van der Waals surface area (Å²) in [4.78, 5) is 44.0. The molecule has 1 aromatic heterocycles. The summed E-state index contributed by atoms with van der Waals surface area (Å²) in [5, 5.41) is 14.4. The topological polar surface area (TPSA) is 109 Å².